The van der Waals surface area contributed by atoms with Crippen molar-refractivity contribution in [2.45, 2.75) is 49.2 Å². The van der Waals surface area contributed by atoms with Crippen molar-refractivity contribution < 1.29 is 29.7 Å². The molecule has 5 rings (SSSR count). The number of nitrogens with two attached hydrogens (primary N) is 3. The molecule has 1 aromatic carbocycles. The molecule has 4 aliphatic rings. The smallest absolute Gasteiger partial charge is 0.255 e. The van der Waals surface area contributed by atoms with Crippen LogP contribution in [0.25, 0.3) is 5.76 Å². The van der Waals surface area contributed by atoms with E-state index in [9.17, 15) is 35.0 Å². The van der Waals surface area contributed by atoms with E-state index in [-0.39, 0.29) is 17.7 Å². The van der Waals surface area contributed by atoms with Gasteiger partial charge in [-0.2, -0.15) is 5.26 Å². The Hall–Kier alpha value is -4.12. The number of amides is 1. The van der Waals surface area contributed by atoms with Gasteiger partial charge < -0.3 is 42.3 Å². The number of rotatable bonds is 4. The van der Waals surface area contributed by atoms with Gasteiger partial charge in [0.15, 0.2) is 17.0 Å². The summed E-state index contributed by atoms with van der Waals surface area (Å²) in [6.07, 6.45) is 2.41. The highest BCUT2D eigenvalue weighted by Gasteiger charge is 2.74. The van der Waals surface area contributed by atoms with Crippen LogP contribution in [0, 0.1) is 16.7 Å². The Balaban J connectivity index is 1.85. The van der Waals surface area contributed by atoms with E-state index in [2.05, 4.69) is 0 Å². The zero-order valence-corrected chi connectivity index (χ0v) is 24.2. The van der Waals surface area contributed by atoms with Crippen molar-refractivity contribution in [2.24, 2.45) is 22.6 Å². The Labute approximate surface area is 243 Å². The summed E-state index contributed by atoms with van der Waals surface area (Å²) >= 11 is 0. The molecule has 2 fully saturated rings. The summed E-state index contributed by atoms with van der Waals surface area (Å²) in [4.78, 5) is 45.7. The first-order chi connectivity index (χ1) is 19.6. The van der Waals surface area contributed by atoms with Crippen molar-refractivity contribution in [3.8, 4) is 11.8 Å². The molecule has 1 saturated carbocycles. The largest absolute Gasteiger partial charge is 0.509 e. The first-order valence-corrected chi connectivity index (χ1v) is 13.8. The van der Waals surface area contributed by atoms with Gasteiger partial charge in [0, 0.05) is 32.9 Å². The molecule has 224 valence electrons. The van der Waals surface area contributed by atoms with Crippen LogP contribution in [-0.4, -0.2) is 96.1 Å². The number of anilines is 2. The molecule has 9 N–H and O–H groups in total. The average Bonchev–Trinajstić information content (AvgIpc) is 2.88. The molecule has 0 bridgehead atoms. The number of nitrogens with zero attached hydrogens (tertiary/aromatic N) is 4. The van der Waals surface area contributed by atoms with Crippen LogP contribution >= 0.6 is 0 Å². The van der Waals surface area contributed by atoms with Crippen molar-refractivity contribution in [1.29, 1.82) is 5.26 Å². The first-order valence-electron chi connectivity index (χ1n) is 13.8. The number of phenolic OH excluding ortho intramolecular Hbond substituents is 1. The number of fused-ring (bicyclic) bond motifs is 3. The Morgan fingerprint density at radius 2 is 1.71 bits per heavy atom. The van der Waals surface area contributed by atoms with E-state index in [0.717, 1.165) is 19.3 Å². The number of carbonyl (C=O) groups is 3. The molecule has 1 saturated heterocycles. The van der Waals surface area contributed by atoms with Crippen LogP contribution < -0.4 is 27.0 Å². The van der Waals surface area contributed by atoms with Crippen molar-refractivity contribution in [1.82, 2.24) is 4.90 Å². The molecule has 42 heavy (non-hydrogen) atoms. The number of Topliss-reactive ketones (excluding diaryl/α,β-unsaturated/α-hetero) is 2. The van der Waals surface area contributed by atoms with Crippen LogP contribution in [0.4, 0.5) is 11.4 Å². The van der Waals surface area contributed by atoms with E-state index in [1.165, 1.54) is 19.0 Å². The van der Waals surface area contributed by atoms with Crippen LogP contribution in [0.2, 0.25) is 0 Å². The third-order valence-corrected chi connectivity index (χ3v) is 9.39. The fraction of sp³-hybridized carbons (Fsp3) is 0.517. The van der Waals surface area contributed by atoms with Gasteiger partial charge in [-0.15, -0.1) is 0 Å². The van der Waals surface area contributed by atoms with Crippen molar-refractivity contribution >= 4 is 34.6 Å². The van der Waals surface area contributed by atoms with E-state index in [1.54, 1.807) is 20.2 Å². The van der Waals surface area contributed by atoms with Crippen LogP contribution in [0.15, 0.2) is 23.0 Å². The molecule has 1 aliphatic heterocycles. The summed E-state index contributed by atoms with van der Waals surface area (Å²) < 4.78 is 0. The lowest BCUT2D eigenvalue weighted by molar-refractivity contribution is -0.139. The number of ketones is 2. The number of aromatic hydroxyl groups is 1. The molecule has 13 heteroatoms. The van der Waals surface area contributed by atoms with E-state index >= 15 is 0 Å². The molecule has 0 unspecified atom stereocenters. The zero-order valence-electron chi connectivity index (χ0n) is 24.2. The van der Waals surface area contributed by atoms with Gasteiger partial charge >= 0.3 is 0 Å². The van der Waals surface area contributed by atoms with Crippen LogP contribution in [0.5, 0.6) is 5.75 Å². The quantitative estimate of drug-likeness (QED) is 0.259. The fourth-order valence-electron chi connectivity index (χ4n) is 7.64. The summed E-state index contributed by atoms with van der Waals surface area (Å²) in [6, 6.07) is 2.18. The number of hydrogen-bond donors (Lipinski definition) is 6. The summed E-state index contributed by atoms with van der Waals surface area (Å²) in [6.45, 7) is 1.39. The molecule has 1 aromatic rings. The molecule has 13 nitrogen and oxygen atoms in total. The van der Waals surface area contributed by atoms with Crippen LogP contribution in [0.1, 0.15) is 36.8 Å². The van der Waals surface area contributed by atoms with Gasteiger partial charge in [-0.1, -0.05) is 0 Å². The molecule has 1 heterocycles. The highest BCUT2D eigenvalue weighted by atomic mass is 16.3. The van der Waals surface area contributed by atoms with Gasteiger partial charge in [-0.3, -0.25) is 19.3 Å². The molecule has 1 amide bonds. The van der Waals surface area contributed by atoms with Gasteiger partial charge in [0.1, 0.15) is 22.8 Å². The van der Waals surface area contributed by atoms with E-state index in [0.29, 0.717) is 30.0 Å². The lowest BCUT2D eigenvalue weighted by Gasteiger charge is -2.58. The second-order valence-corrected chi connectivity index (χ2v) is 12.3. The Morgan fingerprint density at radius 1 is 1.10 bits per heavy atom. The topological polar surface area (TPSA) is 223 Å². The maximum absolute atomic E-state index is 14.6. The Kier molecular flexibility index (Phi) is 6.61. The number of phenols is 1. The SMILES string of the molecule is CN(C)c1cc(N2CCCCC2)c(O)c2c1C[C@@]1(N)C[C@@]3(N)[C@H](N(C)C)C(=O)C(C(N)=O)=C(O)[C@@]3(C#N)C(=O)C1=C2O. The number of likely N-dealkylation sites (N-methyl/N-ethyl adjacent to an activating group) is 1. The number of piperidine rings is 1. The number of nitriles is 1. The second-order valence-electron chi connectivity index (χ2n) is 12.3. The number of aliphatic hydroxyl groups excluding tert-OH is 2. The number of aliphatic hydroxyl groups is 2. The van der Waals surface area contributed by atoms with Gasteiger partial charge in [0.2, 0.25) is 0 Å². The minimum absolute atomic E-state index is 0.00144. The highest BCUT2D eigenvalue weighted by Crippen LogP contribution is 2.59. The molecule has 3 aliphatic carbocycles. The third kappa shape index (κ3) is 3.55. The highest BCUT2D eigenvalue weighted by molar-refractivity contribution is 6.25. The molecular weight excluding hydrogens is 542 g/mol. The minimum Gasteiger partial charge on any atom is -0.509 e. The minimum atomic E-state index is -2.69. The van der Waals surface area contributed by atoms with E-state index < -0.39 is 69.1 Å². The van der Waals surface area contributed by atoms with Gasteiger partial charge in [-0.05, 0) is 57.8 Å². The molecule has 0 radical (unpaired) electrons. The molecule has 4 atom stereocenters. The maximum atomic E-state index is 14.6. The van der Waals surface area contributed by atoms with Crippen molar-refractivity contribution in [3.05, 3.63) is 34.1 Å². The van der Waals surface area contributed by atoms with Crippen molar-refractivity contribution in [3.63, 3.8) is 0 Å². The summed E-state index contributed by atoms with van der Waals surface area (Å²) in [5, 5.41) is 45.3. The van der Waals surface area contributed by atoms with E-state index in [1.807, 2.05) is 15.9 Å². The molecule has 0 spiro atoms. The normalized spacial score (nSPS) is 31.0. The number of benzene rings is 1. The lowest BCUT2D eigenvalue weighted by Crippen LogP contribution is -2.80. The molecular formula is C29H37N7O6. The van der Waals surface area contributed by atoms with Gasteiger partial charge in [0.25, 0.3) is 5.91 Å². The monoisotopic (exact) mass is 579 g/mol. The predicted molar refractivity (Wildman–Crippen MR) is 155 cm³/mol. The summed E-state index contributed by atoms with van der Waals surface area (Å²) in [5.41, 5.74) is 13.0. The fourth-order valence-corrected chi connectivity index (χ4v) is 7.64. The summed E-state index contributed by atoms with van der Waals surface area (Å²) in [7, 11) is 6.58. The number of primary amides is 1. The maximum Gasteiger partial charge on any atom is 0.255 e. The van der Waals surface area contributed by atoms with Gasteiger partial charge in [-0.25, -0.2) is 0 Å². The Bertz CT molecular complexity index is 1540. The van der Waals surface area contributed by atoms with Crippen molar-refractivity contribution in [2.75, 3.05) is 51.1 Å². The van der Waals surface area contributed by atoms with Gasteiger partial charge in [0.05, 0.1) is 40.0 Å². The molecule has 0 aromatic heterocycles. The average molecular weight is 580 g/mol. The second kappa shape index (κ2) is 9.45. The number of hydrogen-bond acceptors (Lipinski definition) is 12. The van der Waals surface area contributed by atoms with Crippen LogP contribution in [-0.2, 0) is 20.8 Å². The predicted octanol–water partition coefficient (Wildman–Crippen LogP) is -0.0382. The zero-order chi connectivity index (χ0) is 31.1. The number of carbonyl (C=O) groups excluding carboxylic acids is 3. The lowest BCUT2D eigenvalue weighted by atomic mass is 9.47. The van der Waals surface area contributed by atoms with E-state index in [4.69, 9.17) is 17.2 Å². The standard InChI is InChI=1S/C29H37N7O6/c1-34(2)15-10-16(36-8-6-5-7-9-36)20(37)17-14(15)11-27(32)12-29(33)23(35(3)4)22(39)18(26(31)42)24(40)28(29,13-30)25(41)19(27)21(17)38/h10,23,37-38,40H,5-9,11-12,32-33H2,1-4H3,(H2,31,42)/t23-,27-,28+,29-/m1/s1. The third-order valence-electron chi connectivity index (χ3n) is 9.39. The first kappa shape index (κ1) is 29.4. The Morgan fingerprint density at radius 3 is 2.24 bits per heavy atom. The summed E-state index contributed by atoms with van der Waals surface area (Å²) in [5.74, 6) is -5.48. The van der Waals surface area contributed by atoms with Crippen LogP contribution in [0.3, 0.4) is 0 Å².